The minimum absolute atomic E-state index is 0.0147. The zero-order valence-corrected chi connectivity index (χ0v) is 12.3. The Labute approximate surface area is 126 Å². The van der Waals surface area contributed by atoms with Gasteiger partial charge < -0.3 is 10.0 Å². The molecule has 21 heavy (non-hydrogen) atoms. The topological polar surface area (TPSA) is 60.9 Å². The third-order valence-corrected chi connectivity index (χ3v) is 3.90. The Hall–Kier alpha value is -1.66. The van der Waals surface area contributed by atoms with Crippen LogP contribution < -0.4 is 0 Å². The van der Waals surface area contributed by atoms with Crippen LogP contribution in [0.2, 0.25) is 5.02 Å². The molecule has 0 unspecified atom stereocenters. The maximum Gasteiger partial charge on any atom is 0.320 e. The van der Waals surface area contributed by atoms with Crippen molar-refractivity contribution in [3.05, 3.63) is 34.6 Å². The summed E-state index contributed by atoms with van der Waals surface area (Å²) in [7, 11) is 0. The molecular weight excluding hydrogens is 299 g/mol. The highest BCUT2D eigenvalue weighted by Crippen LogP contribution is 2.17. The normalized spacial score (nSPS) is 17.6. The molecule has 1 aliphatic heterocycles. The number of aliphatic carboxylic acids is 1. The summed E-state index contributed by atoms with van der Waals surface area (Å²) < 4.78 is 13.7. The fraction of sp³-hybridized carbons (Fsp3) is 0.429. The van der Waals surface area contributed by atoms with Gasteiger partial charge in [-0.2, -0.15) is 0 Å². The molecule has 1 saturated heterocycles. The molecular formula is C14H16ClFN2O3. The van der Waals surface area contributed by atoms with E-state index in [-0.39, 0.29) is 10.6 Å². The molecule has 0 saturated carbocycles. The van der Waals surface area contributed by atoms with Crippen LogP contribution in [0.25, 0.3) is 0 Å². The molecule has 0 aromatic heterocycles. The second-order valence-electron chi connectivity index (χ2n) is 4.97. The number of rotatable bonds is 3. The smallest absolute Gasteiger partial charge is 0.320 e. The minimum Gasteiger partial charge on any atom is -0.480 e. The fourth-order valence-corrected chi connectivity index (χ4v) is 2.46. The number of amides is 1. The SMILES string of the molecule is C[C@H](C(=O)O)N1CCN(C(=O)c2ccc(Cl)cc2F)CC1. The molecule has 1 amide bonds. The summed E-state index contributed by atoms with van der Waals surface area (Å²) >= 11 is 5.66. The average Bonchev–Trinajstić information content (AvgIpc) is 2.46. The number of halogens is 2. The first-order chi connectivity index (χ1) is 9.90. The predicted octanol–water partition coefficient (Wildman–Crippen LogP) is 1.71. The summed E-state index contributed by atoms with van der Waals surface area (Å²) in [4.78, 5) is 26.5. The van der Waals surface area contributed by atoms with Crippen LogP contribution in [0.3, 0.4) is 0 Å². The summed E-state index contributed by atoms with van der Waals surface area (Å²) in [6.07, 6.45) is 0. The van der Waals surface area contributed by atoms with Crippen LogP contribution in [-0.4, -0.2) is 59.0 Å². The monoisotopic (exact) mass is 314 g/mol. The van der Waals surface area contributed by atoms with Crippen LogP contribution in [0.5, 0.6) is 0 Å². The first kappa shape index (κ1) is 15.7. The van der Waals surface area contributed by atoms with Crippen molar-refractivity contribution < 1.29 is 19.1 Å². The number of carbonyl (C=O) groups is 2. The molecule has 0 radical (unpaired) electrons. The molecule has 7 heteroatoms. The van der Waals surface area contributed by atoms with Crippen LogP contribution in [0, 0.1) is 5.82 Å². The summed E-state index contributed by atoms with van der Waals surface area (Å²) in [6.45, 7) is 3.26. The number of benzene rings is 1. The molecule has 114 valence electrons. The van der Waals surface area contributed by atoms with Crippen molar-refractivity contribution in [2.75, 3.05) is 26.2 Å². The summed E-state index contributed by atoms with van der Waals surface area (Å²) in [6, 6.07) is 3.36. The highest BCUT2D eigenvalue weighted by atomic mass is 35.5. The van der Waals surface area contributed by atoms with Gasteiger partial charge in [-0.15, -0.1) is 0 Å². The van der Waals surface area contributed by atoms with Gasteiger partial charge in [0, 0.05) is 31.2 Å². The lowest BCUT2D eigenvalue weighted by molar-refractivity contribution is -0.143. The first-order valence-corrected chi connectivity index (χ1v) is 6.99. The Bertz CT molecular complexity index is 559. The van der Waals surface area contributed by atoms with E-state index in [0.717, 1.165) is 6.07 Å². The molecule has 1 aromatic carbocycles. The van der Waals surface area contributed by atoms with Gasteiger partial charge in [0.2, 0.25) is 0 Å². The van der Waals surface area contributed by atoms with E-state index in [9.17, 15) is 14.0 Å². The maximum absolute atomic E-state index is 13.7. The Morgan fingerprint density at radius 1 is 1.29 bits per heavy atom. The Balaban J connectivity index is 2.02. The molecule has 0 aliphatic carbocycles. The van der Waals surface area contributed by atoms with Gasteiger partial charge in [0.1, 0.15) is 11.9 Å². The van der Waals surface area contributed by atoms with Gasteiger partial charge in [-0.3, -0.25) is 14.5 Å². The molecule has 5 nitrogen and oxygen atoms in total. The molecule has 1 N–H and O–H groups in total. The number of hydrogen-bond donors (Lipinski definition) is 1. The second kappa shape index (κ2) is 6.41. The Morgan fingerprint density at radius 2 is 1.90 bits per heavy atom. The third-order valence-electron chi connectivity index (χ3n) is 3.67. The van der Waals surface area contributed by atoms with Crippen molar-refractivity contribution >= 4 is 23.5 Å². The highest BCUT2D eigenvalue weighted by molar-refractivity contribution is 6.30. The molecule has 1 atom stereocenters. The molecule has 1 aliphatic rings. The van der Waals surface area contributed by atoms with Crippen molar-refractivity contribution in [2.24, 2.45) is 0 Å². The largest absolute Gasteiger partial charge is 0.480 e. The predicted molar refractivity (Wildman–Crippen MR) is 76.0 cm³/mol. The summed E-state index contributed by atoms with van der Waals surface area (Å²) in [5, 5.41) is 9.21. The Kier molecular flexibility index (Phi) is 4.80. The average molecular weight is 315 g/mol. The van der Waals surface area contributed by atoms with Gasteiger partial charge in [0.25, 0.3) is 5.91 Å². The van der Waals surface area contributed by atoms with E-state index in [2.05, 4.69) is 0 Å². The van der Waals surface area contributed by atoms with Gasteiger partial charge in [-0.05, 0) is 25.1 Å². The van der Waals surface area contributed by atoms with Crippen molar-refractivity contribution in [3.8, 4) is 0 Å². The van der Waals surface area contributed by atoms with Gasteiger partial charge in [-0.1, -0.05) is 11.6 Å². The molecule has 2 rings (SSSR count). The van der Waals surface area contributed by atoms with Crippen molar-refractivity contribution in [1.29, 1.82) is 0 Å². The highest BCUT2D eigenvalue weighted by Gasteiger charge is 2.28. The minimum atomic E-state index is -0.890. The van der Waals surface area contributed by atoms with Crippen molar-refractivity contribution in [1.82, 2.24) is 9.80 Å². The van der Waals surface area contributed by atoms with E-state index in [1.54, 1.807) is 11.8 Å². The maximum atomic E-state index is 13.7. The number of piperazine rings is 1. The summed E-state index contributed by atoms with van der Waals surface area (Å²) in [5.41, 5.74) is -0.0147. The molecule has 1 aromatic rings. The molecule has 1 fully saturated rings. The van der Waals surface area contributed by atoms with Crippen molar-refractivity contribution in [3.63, 3.8) is 0 Å². The van der Waals surface area contributed by atoms with E-state index in [1.165, 1.54) is 17.0 Å². The molecule has 0 bridgehead atoms. The summed E-state index contributed by atoms with van der Waals surface area (Å²) in [5.74, 6) is -1.93. The van der Waals surface area contributed by atoms with Crippen LogP contribution in [0.4, 0.5) is 4.39 Å². The molecule has 1 heterocycles. The van der Waals surface area contributed by atoms with Crippen LogP contribution in [0.15, 0.2) is 18.2 Å². The lowest BCUT2D eigenvalue weighted by atomic mass is 10.1. The number of carboxylic acid groups (broad SMARTS) is 1. The van der Waals surface area contributed by atoms with E-state index in [0.29, 0.717) is 26.2 Å². The Morgan fingerprint density at radius 3 is 2.43 bits per heavy atom. The number of carbonyl (C=O) groups excluding carboxylic acids is 1. The second-order valence-corrected chi connectivity index (χ2v) is 5.40. The zero-order chi connectivity index (χ0) is 15.6. The number of nitrogens with zero attached hydrogens (tertiary/aromatic N) is 2. The van der Waals surface area contributed by atoms with Crippen LogP contribution in [0.1, 0.15) is 17.3 Å². The van der Waals surface area contributed by atoms with E-state index in [4.69, 9.17) is 16.7 Å². The third kappa shape index (κ3) is 3.51. The van der Waals surface area contributed by atoms with E-state index < -0.39 is 23.7 Å². The van der Waals surface area contributed by atoms with E-state index in [1.807, 2.05) is 0 Å². The van der Waals surface area contributed by atoms with Crippen molar-refractivity contribution in [2.45, 2.75) is 13.0 Å². The van der Waals surface area contributed by atoms with Crippen LogP contribution >= 0.6 is 11.6 Å². The zero-order valence-electron chi connectivity index (χ0n) is 11.6. The quantitative estimate of drug-likeness (QED) is 0.922. The standard InChI is InChI=1S/C14H16ClFN2O3/c1-9(14(20)21)17-4-6-18(7-5-17)13(19)11-3-2-10(15)8-12(11)16/h2-3,8-9H,4-7H2,1H3,(H,20,21)/t9-/m1/s1. The first-order valence-electron chi connectivity index (χ1n) is 6.61. The molecule has 0 spiro atoms. The number of hydrogen-bond acceptors (Lipinski definition) is 3. The van der Waals surface area contributed by atoms with E-state index >= 15 is 0 Å². The van der Waals surface area contributed by atoms with Gasteiger partial charge in [0.05, 0.1) is 5.56 Å². The number of carboxylic acids is 1. The van der Waals surface area contributed by atoms with Crippen LogP contribution in [-0.2, 0) is 4.79 Å². The lowest BCUT2D eigenvalue weighted by Crippen LogP contribution is -2.53. The van der Waals surface area contributed by atoms with Gasteiger partial charge in [0.15, 0.2) is 0 Å². The lowest BCUT2D eigenvalue weighted by Gasteiger charge is -2.36. The van der Waals surface area contributed by atoms with Gasteiger partial charge in [-0.25, -0.2) is 4.39 Å². The fourth-order valence-electron chi connectivity index (χ4n) is 2.30. The van der Waals surface area contributed by atoms with Gasteiger partial charge >= 0.3 is 5.97 Å².